The van der Waals surface area contributed by atoms with Crippen molar-refractivity contribution in [3.05, 3.63) is 47.2 Å². The predicted molar refractivity (Wildman–Crippen MR) is 94.7 cm³/mol. The van der Waals surface area contributed by atoms with Crippen LogP contribution >= 0.6 is 11.6 Å². The Kier molecular flexibility index (Phi) is 5.43. The van der Waals surface area contributed by atoms with Gasteiger partial charge in [-0.3, -0.25) is 9.59 Å². The highest BCUT2D eigenvalue weighted by atomic mass is 35.5. The van der Waals surface area contributed by atoms with Crippen LogP contribution in [0.1, 0.15) is 36.2 Å². The molecule has 0 aliphatic carbocycles. The third kappa shape index (κ3) is 4.23. The highest BCUT2D eigenvalue weighted by molar-refractivity contribution is 6.33. The molecule has 6 heteroatoms. The molecule has 1 saturated heterocycles. The van der Waals surface area contributed by atoms with Crippen molar-refractivity contribution in [2.24, 2.45) is 5.92 Å². The number of amides is 1. The molecular formula is C19H20ClNO4. The van der Waals surface area contributed by atoms with Crippen LogP contribution < -0.4 is 0 Å². The van der Waals surface area contributed by atoms with Gasteiger partial charge >= 0.3 is 5.97 Å². The Labute approximate surface area is 151 Å². The fraction of sp³-hybridized carbons (Fsp3) is 0.368. The van der Waals surface area contributed by atoms with Crippen molar-refractivity contribution in [1.82, 2.24) is 4.90 Å². The van der Waals surface area contributed by atoms with Crippen LogP contribution in [-0.4, -0.2) is 35.0 Å². The van der Waals surface area contributed by atoms with Crippen molar-refractivity contribution in [1.29, 1.82) is 0 Å². The Morgan fingerprint density at radius 1 is 1.24 bits per heavy atom. The summed E-state index contributed by atoms with van der Waals surface area (Å²) in [5.74, 6) is 0.131. The van der Waals surface area contributed by atoms with Crippen LogP contribution in [0.3, 0.4) is 0 Å². The molecule has 1 aliphatic heterocycles. The summed E-state index contributed by atoms with van der Waals surface area (Å²) in [6.07, 6.45) is 2.58. The van der Waals surface area contributed by atoms with Crippen LogP contribution in [-0.2, 0) is 4.79 Å². The summed E-state index contributed by atoms with van der Waals surface area (Å²) in [6.45, 7) is 1.25. The molecule has 1 aromatic heterocycles. The predicted octanol–water partition coefficient (Wildman–Crippen LogP) is 4.32. The molecule has 1 aliphatic rings. The van der Waals surface area contributed by atoms with Crippen molar-refractivity contribution in [2.75, 3.05) is 13.1 Å². The van der Waals surface area contributed by atoms with E-state index in [-0.39, 0.29) is 24.0 Å². The third-order valence-corrected chi connectivity index (χ3v) is 4.86. The quantitative estimate of drug-likeness (QED) is 0.861. The van der Waals surface area contributed by atoms with E-state index < -0.39 is 5.97 Å². The maximum atomic E-state index is 12.7. The SMILES string of the molecule is O=C(O)CCC1CCCN(C(=O)c2ccc(-c3ccccc3Cl)o2)C1. The zero-order chi connectivity index (χ0) is 17.8. The number of carbonyl (C=O) groups is 2. The lowest BCUT2D eigenvalue weighted by Crippen LogP contribution is -2.39. The van der Waals surface area contributed by atoms with Gasteiger partial charge in [0.25, 0.3) is 5.91 Å². The number of likely N-dealkylation sites (tertiary alicyclic amines) is 1. The smallest absolute Gasteiger partial charge is 0.303 e. The minimum Gasteiger partial charge on any atom is -0.481 e. The van der Waals surface area contributed by atoms with Gasteiger partial charge in [0.05, 0.1) is 5.02 Å². The van der Waals surface area contributed by atoms with E-state index in [1.54, 1.807) is 23.1 Å². The number of benzene rings is 1. The summed E-state index contributed by atoms with van der Waals surface area (Å²) in [5, 5.41) is 9.40. The highest BCUT2D eigenvalue weighted by Gasteiger charge is 2.26. The molecule has 132 valence electrons. The molecule has 3 rings (SSSR count). The van der Waals surface area contributed by atoms with Crippen molar-refractivity contribution >= 4 is 23.5 Å². The number of halogens is 1. The Morgan fingerprint density at radius 2 is 2.04 bits per heavy atom. The first-order valence-electron chi connectivity index (χ1n) is 8.40. The Hall–Kier alpha value is -2.27. The fourth-order valence-corrected chi connectivity index (χ4v) is 3.46. The molecule has 25 heavy (non-hydrogen) atoms. The third-order valence-electron chi connectivity index (χ3n) is 4.53. The standard InChI is InChI=1S/C19H20ClNO4/c20-15-6-2-1-5-14(15)16-8-9-17(25-16)19(24)21-11-3-4-13(12-21)7-10-18(22)23/h1-2,5-6,8-9,13H,3-4,7,10-12H2,(H,22,23). The number of furan rings is 1. The summed E-state index contributed by atoms with van der Waals surface area (Å²) in [5.41, 5.74) is 0.751. The van der Waals surface area contributed by atoms with E-state index in [2.05, 4.69) is 0 Å². The molecule has 1 fully saturated rings. The summed E-state index contributed by atoms with van der Waals surface area (Å²) >= 11 is 6.17. The van der Waals surface area contributed by atoms with Gasteiger partial charge in [-0.15, -0.1) is 0 Å². The molecule has 1 N–H and O–H groups in total. The van der Waals surface area contributed by atoms with Crippen LogP contribution in [0.15, 0.2) is 40.8 Å². The molecular weight excluding hydrogens is 342 g/mol. The first kappa shape index (κ1) is 17.5. The molecule has 0 spiro atoms. The average Bonchev–Trinajstić information content (AvgIpc) is 3.10. The second kappa shape index (κ2) is 7.74. The van der Waals surface area contributed by atoms with Crippen molar-refractivity contribution in [3.8, 4) is 11.3 Å². The van der Waals surface area contributed by atoms with Gasteiger partial charge in [0.2, 0.25) is 0 Å². The van der Waals surface area contributed by atoms with E-state index in [4.69, 9.17) is 21.1 Å². The number of piperidine rings is 1. The van der Waals surface area contributed by atoms with Gasteiger partial charge in [0.15, 0.2) is 5.76 Å². The van der Waals surface area contributed by atoms with E-state index in [0.29, 0.717) is 30.3 Å². The molecule has 0 bridgehead atoms. The summed E-state index contributed by atoms with van der Waals surface area (Å²) in [4.78, 5) is 25.2. The number of nitrogens with zero attached hydrogens (tertiary/aromatic N) is 1. The zero-order valence-corrected chi connectivity index (χ0v) is 14.5. The lowest BCUT2D eigenvalue weighted by molar-refractivity contribution is -0.137. The number of carbonyl (C=O) groups excluding carboxylic acids is 1. The number of hydrogen-bond donors (Lipinski definition) is 1. The lowest BCUT2D eigenvalue weighted by atomic mass is 9.93. The Balaban J connectivity index is 1.69. The number of carboxylic acid groups (broad SMARTS) is 1. The summed E-state index contributed by atoms with van der Waals surface area (Å²) < 4.78 is 5.73. The van der Waals surface area contributed by atoms with E-state index in [9.17, 15) is 9.59 Å². The fourth-order valence-electron chi connectivity index (χ4n) is 3.23. The van der Waals surface area contributed by atoms with Gasteiger partial charge in [-0.1, -0.05) is 23.7 Å². The van der Waals surface area contributed by atoms with Crippen LogP contribution in [0.5, 0.6) is 0 Å². The van der Waals surface area contributed by atoms with Gasteiger partial charge in [-0.05, 0) is 49.4 Å². The number of hydrogen-bond acceptors (Lipinski definition) is 3. The van der Waals surface area contributed by atoms with E-state index in [1.165, 1.54) is 0 Å². The number of carboxylic acids is 1. The average molecular weight is 362 g/mol. The zero-order valence-electron chi connectivity index (χ0n) is 13.8. The van der Waals surface area contributed by atoms with Gasteiger partial charge in [0.1, 0.15) is 5.76 Å². The number of aliphatic carboxylic acids is 1. The van der Waals surface area contributed by atoms with Crippen LogP contribution in [0.25, 0.3) is 11.3 Å². The van der Waals surface area contributed by atoms with Crippen LogP contribution in [0, 0.1) is 5.92 Å². The Morgan fingerprint density at radius 3 is 2.80 bits per heavy atom. The first-order chi connectivity index (χ1) is 12.0. The normalized spacial score (nSPS) is 17.5. The maximum Gasteiger partial charge on any atom is 0.303 e. The lowest BCUT2D eigenvalue weighted by Gasteiger charge is -2.32. The number of rotatable bonds is 5. The summed E-state index contributed by atoms with van der Waals surface area (Å²) in [7, 11) is 0. The molecule has 0 radical (unpaired) electrons. The van der Waals surface area contributed by atoms with E-state index in [0.717, 1.165) is 18.4 Å². The second-order valence-electron chi connectivity index (χ2n) is 6.34. The van der Waals surface area contributed by atoms with E-state index in [1.807, 2.05) is 18.2 Å². The second-order valence-corrected chi connectivity index (χ2v) is 6.74. The molecule has 2 aromatic rings. The molecule has 1 aromatic carbocycles. The minimum absolute atomic E-state index is 0.143. The van der Waals surface area contributed by atoms with Crippen molar-refractivity contribution in [2.45, 2.75) is 25.7 Å². The monoisotopic (exact) mass is 361 g/mol. The first-order valence-corrected chi connectivity index (χ1v) is 8.78. The molecule has 1 amide bonds. The van der Waals surface area contributed by atoms with Gasteiger partial charge in [-0.2, -0.15) is 0 Å². The summed E-state index contributed by atoms with van der Waals surface area (Å²) in [6, 6.07) is 10.7. The van der Waals surface area contributed by atoms with Crippen LogP contribution in [0.2, 0.25) is 5.02 Å². The molecule has 1 atom stereocenters. The van der Waals surface area contributed by atoms with Crippen molar-refractivity contribution < 1.29 is 19.1 Å². The highest BCUT2D eigenvalue weighted by Crippen LogP contribution is 2.30. The van der Waals surface area contributed by atoms with Gasteiger partial charge in [-0.25, -0.2) is 0 Å². The van der Waals surface area contributed by atoms with Gasteiger partial charge < -0.3 is 14.4 Å². The van der Waals surface area contributed by atoms with Crippen LogP contribution in [0.4, 0.5) is 0 Å². The van der Waals surface area contributed by atoms with Gasteiger partial charge in [0, 0.05) is 25.1 Å². The minimum atomic E-state index is -0.793. The molecule has 0 saturated carbocycles. The Bertz CT molecular complexity index is 770. The van der Waals surface area contributed by atoms with Crippen molar-refractivity contribution in [3.63, 3.8) is 0 Å². The topological polar surface area (TPSA) is 70.8 Å². The van der Waals surface area contributed by atoms with E-state index >= 15 is 0 Å². The molecule has 2 heterocycles. The molecule has 1 unspecified atom stereocenters. The largest absolute Gasteiger partial charge is 0.481 e. The molecule has 5 nitrogen and oxygen atoms in total. The maximum absolute atomic E-state index is 12.7.